The minimum Gasteiger partial charge on any atom is -0.481 e. The molecule has 0 heterocycles. The molecule has 4 aliphatic rings. The van der Waals surface area contributed by atoms with Gasteiger partial charge in [0, 0.05) is 0 Å². The normalized spacial score (nSPS) is 50.5. The Bertz CT molecular complexity index is 522. The number of fused-ring (bicyclic) bond motifs is 5. The Balaban J connectivity index is 1.67. The highest BCUT2D eigenvalue weighted by Gasteiger charge is 2.59. The second-order valence-electron chi connectivity index (χ2n) is 8.97. The maximum atomic E-state index is 11.7. The van der Waals surface area contributed by atoms with Crippen LogP contribution in [0.5, 0.6) is 0 Å². The first-order valence-corrected chi connectivity index (χ1v) is 9.39. The van der Waals surface area contributed by atoms with Gasteiger partial charge in [-0.05, 0) is 86.4 Å². The van der Waals surface area contributed by atoms with Crippen molar-refractivity contribution in [3.05, 3.63) is 11.6 Å². The summed E-state index contributed by atoms with van der Waals surface area (Å²) in [6.45, 7) is 4.83. The van der Waals surface area contributed by atoms with Crippen LogP contribution >= 0.6 is 0 Å². The van der Waals surface area contributed by atoms with Gasteiger partial charge in [-0.15, -0.1) is 0 Å². The average molecular weight is 302 g/mol. The zero-order valence-electron chi connectivity index (χ0n) is 14.1. The summed E-state index contributed by atoms with van der Waals surface area (Å²) in [4.78, 5) is 11.7. The fraction of sp³-hybridized carbons (Fsp3) is 0.850. The Labute approximate surface area is 134 Å². The number of carboxylic acids is 1. The quantitative estimate of drug-likeness (QED) is 0.689. The topological polar surface area (TPSA) is 37.3 Å². The lowest BCUT2D eigenvalue weighted by molar-refractivity contribution is -0.149. The van der Waals surface area contributed by atoms with Gasteiger partial charge in [-0.2, -0.15) is 0 Å². The van der Waals surface area contributed by atoms with Crippen LogP contribution in [0.1, 0.15) is 71.6 Å². The predicted molar refractivity (Wildman–Crippen MR) is 87.4 cm³/mol. The molecule has 0 aliphatic heterocycles. The van der Waals surface area contributed by atoms with Crippen LogP contribution in [0.3, 0.4) is 0 Å². The maximum Gasteiger partial charge on any atom is 0.307 e. The first-order valence-electron chi connectivity index (χ1n) is 9.39. The number of allylic oxidation sites excluding steroid dienone is 2. The number of hydrogen-bond donors (Lipinski definition) is 1. The van der Waals surface area contributed by atoms with Crippen LogP contribution in [0, 0.1) is 34.5 Å². The van der Waals surface area contributed by atoms with E-state index in [1.165, 1.54) is 38.5 Å². The van der Waals surface area contributed by atoms with Gasteiger partial charge < -0.3 is 5.11 Å². The number of aliphatic carboxylic acids is 1. The van der Waals surface area contributed by atoms with Gasteiger partial charge in [0.25, 0.3) is 0 Å². The van der Waals surface area contributed by atoms with Crippen LogP contribution in [-0.2, 0) is 4.79 Å². The number of rotatable bonds is 1. The van der Waals surface area contributed by atoms with E-state index in [2.05, 4.69) is 19.9 Å². The molecule has 122 valence electrons. The van der Waals surface area contributed by atoms with Crippen molar-refractivity contribution in [2.45, 2.75) is 71.6 Å². The molecule has 0 aromatic carbocycles. The SMILES string of the molecule is C[C@]12CCCC=C1CC[C@@H]1[C@@H]2CC[C@]2(C)C(C(=O)O)CC[C@@H]12. The van der Waals surface area contributed by atoms with Gasteiger partial charge in [0.15, 0.2) is 0 Å². The molecule has 1 N–H and O–H groups in total. The third-order valence-corrected chi connectivity index (χ3v) is 8.33. The van der Waals surface area contributed by atoms with Gasteiger partial charge in [-0.1, -0.05) is 25.5 Å². The van der Waals surface area contributed by atoms with Crippen molar-refractivity contribution < 1.29 is 9.90 Å². The van der Waals surface area contributed by atoms with Crippen LogP contribution in [0.15, 0.2) is 11.6 Å². The van der Waals surface area contributed by atoms with Crippen LogP contribution in [-0.4, -0.2) is 11.1 Å². The van der Waals surface area contributed by atoms with Gasteiger partial charge >= 0.3 is 5.97 Å². The number of carboxylic acid groups (broad SMARTS) is 1. The molecule has 6 atom stereocenters. The summed E-state index contributed by atoms with van der Waals surface area (Å²) in [6, 6.07) is 0. The maximum absolute atomic E-state index is 11.7. The van der Waals surface area contributed by atoms with Crippen molar-refractivity contribution >= 4 is 5.97 Å². The Kier molecular flexibility index (Phi) is 3.26. The van der Waals surface area contributed by atoms with Gasteiger partial charge in [0.05, 0.1) is 5.92 Å². The molecule has 0 aromatic rings. The molecule has 22 heavy (non-hydrogen) atoms. The van der Waals surface area contributed by atoms with Crippen molar-refractivity contribution in [1.82, 2.24) is 0 Å². The van der Waals surface area contributed by atoms with Gasteiger partial charge in [0.1, 0.15) is 0 Å². The molecule has 0 saturated heterocycles. The van der Waals surface area contributed by atoms with E-state index in [1.807, 2.05) is 0 Å². The molecule has 3 saturated carbocycles. The van der Waals surface area contributed by atoms with Crippen molar-refractivity contribution in [1.29, 1.82) is 0 Å². The highest BCUT2D eigenvalue weighted by atomic mass is 16.4. The zero-order chi connectivity index (χ0) is 15.5. The fourth-order valence-corrected chi connectivity index (χ4v) is 7.16. The van der Waals surface area contributed by atoms with Crippen LogP contribution < -0.4 is 0 Å². The summed E-state index contributed by atoms with van der Waals surface area (Å²) in [5.41, 5.74) is 2.25. The van der Waals surface area contributed by atoms with E-state index in [1.54, 1.807) is 5.57 Å². The number of carbonyl (C=O) groups is 1. The molecule has 4 aliphatic carbocycles. The summed E-state index contributed by atoms with van der Waals surface area (Å²) in [6.07, 6.45) is 13.6. The zero-order valence-corrected chi connectivity index (χ0v) is 14.1. The van der Waals surface area contributed by atoms with Crippen LogP contribution in [0.4, 0.5) is 0 Å². The van der Waals surface area contributed by atoms with Crippen molar-refractivity contribution in [3.63, 3.8) is 0 Å². The standard InChI is InChI=1S/C20H30O2/c1-19-11-4-3-5-13(19)6-7-14-15-8-9-17(18(21)22)20(15,2)12-10-16(14)19/h5,14-17H,3-4,6-12H2,1-2H3,(H,21,22)/t14-,15-,16-,17?,19-,20-/m0/s1. The van der Waals surface area contributed by atoms with E-state index < -0.39 is 5.97 Å². The third kappa shape index (κ3) is 1.82. The van der Waals surface area contributed by atoms with Crippen molar-refractivity contribution in [2.75, 3.05) is 0 Å². The van der Waals surface area contributed by atoms with E-state index in [0.717, 1.165) is 31.1 Å². The highest BCUT2D eigenvalue weighted by molar-refractivity contribution is 5.71. The molecule has 2 heteroatoms. The molecule has 0 amide bonds. The Morgan fingerprint density at radius 1 is 1.14 bits per heavy atom. The van der Waals surface area contributed by atoms with E-state index in [0.29, 0.717) is 11.3 Å². The molecule has 0 spiro atoms. The molecule has 3 fully saturated rings. The molecular formula is C20H30O2. The molecule has 1 unspecified atom stereocenters. The smallest absolute Gasteiger partial charge is 0.307 e. The van der Waals surface area contributed by atoms with E-state index >= 15 is 0 Å². The monoisotopic (exact) mass is 302 g/mol. The van der Waals surface area contributed by atoms with Gasteiger partial charge in [-0.25, -0.2) is 0 Å². The molecule has 4 rings (SSSR count). The first-order chi connectivity index (χ1) is 10.5. The van der Waals surface area contributed by atoms with Gasteiger partial charge in [-0.3, -0.25) is 4.79 Å². The Hall–Kier alpha value is -0.790. The van der Waals surface area contributed by atoms with E-state index in [4.69, 9.17) is 0 Å². The lowest BCUT2D eigenvalue weighted by atomic mass is 9.47. The summed E-state index contributed by atoms with van der Waals surface area (Å²) < 4.78 is 0. The van der Waals surface area contributed by atoms with E-state index in [-0.39, 0.29) is 11.3 Å². The van der Waals surface area contributed by atoms with Gasteiger partial charge in [0.2, 0.25) is 0 Å². The minimum absolute atomic E-state index is 0.0687. The summed E-state index contributed by atoms with van der Waals surface area (Å²) >= 11 is 0. The van der Waals surface area contributed by atoms with Crippen molar-refractivity contribution in [3.8, 4) is 0 Å². The predicted octanol–water partition coefficient (Wildman–Crippen LogP) is 5.04. The highest BCUT2D eigenvalue weighted by Crippen LogP contribution is 2.66. The van der Waals surface area contributed by atoms with Crippen molar-refractivity contribution in [2.24, 2.45) is 34.5 Å². The molecule has 0 bridgehead atoms. The number of hydrogen-bond acceptors (Lipinski definition) is 1. The largest absolute Gasteiger partial charge is 0.481 e. The molecule has 0 aromatic heterocycles. The molecule has 0 radical (unpaired) electrons. The van der Waals surface area contributed by atoms with E-state index in [9.17, 15) is 9.90 Å². The molecule has 2 nitrogen and oxygen atoms in total. The van der Waals surface area contributed by atoms with Crippen LogP contribution in [0.25, 0.3) is 0 Å². The molecular weight excluding hydrogens is 272 g/mol. The lowest BCUT2D eigenvalue weighted by Crippen LogP contribution is -2.50. The average Bonchev–Trinajstić information content (AvgIpc) is 2.84. The first kappa shape index (κ1) is 14.8. The van der Waals surface area contributed by atoms with Crippen LogP contribution in [0.2, 0.25) is 0 Å². The second-order valence-corrected chi connectivity index (χ2v) is 8.97. The minimum atomic E-state index is -0.538. The third-order valence-electron chi connectivity index (χ3n) is 8.33. The Morgan fingerprint density at radius 3 is 2.73 bits per heavy atom. The summed E-state index contributed by atoms with van der Waals surface area (Å²) in [7, 11) is 0. The lowest BCUT2D eigenvalue weighted by Gasteiger charge is -2.58. The Morgan fingerprint density at radius 2 is 1.95 bits per heavy atom. The second kappa shape index (κ2) is 4.85. The summed E-state index contributed by atoms with van der Waals surface area (Å²) in [5.74, 6) is 1.63. The fourth-order valence-electron chi connectivity index (χ4n) is 7.16. The summed E-state index contributed by atoms with van der Waals surface area (Å²) in [5, 5.41) is 9.64.